The molecule has 0 aromatic carbocycles. The molecule has 0 aliphatic rings. The van der Waals surface area contributed by atoms with Crippen LogP contribution in [0.25, 0.3) is 0 Å². The number of nitrogens with zero attached hydrogens (tertiary/aromatic N) is 3. The van der Waals surface area contributed by atoms with E-state index in [-0.39, 0.29) is 0 Å². The Balaban J connectivity index is 2.20. The first-order valence-corrected chi connectivity index (χ1v) is 7.90. The molecule has 98 valence electrons. The molecule has 1 heterocycles. The average Bonchev–Trinajstić information content (AvgIpc) is 2.70. The number of aromatic nitrogens is 3. The second-order valence-corrected chi connectivity index (χ2v) is 5.76. The summed E-state index contributed by atoms with van der Waals surface area (Å²) in [5, 5.41) is 7.68. The van der Waals surface area contributed by atoms with Crippen LogP contribution in [-0.4, -0.2) is 25.7 Å². The number of hydrogen-bond donors (Lipinski definition) is 1. The molecule has 0 saturated heterocycles. The fourth-order valence-corrected chi connectivity index (χ4v) is 2.18. The molecule has 0 fully saturated rings. The second-order valence-electron chi connectivity index (χ2n) is 4.68. The summed E-state index contributed by atoms with van der Waals surface area (Å²) in [6, 6.07) is 0. The molecular weight excluding hydrogens is 327 g/mol. The minimum Gasteiger partial charge on any atom is -0.310 e. The molecule has 1 aromatic rings. The summed E-state index contributed by atoms with van der Waals surface area (Å²) in [4.78, 5) is 4.29. The summed E-state index contributed by atoms with van der Waals surface area (Å²) in [6.07, 6.45) is 5.54. The average molecular weight is 350 g/mol. The molecule has 1 aromatic heterocycles. The molecule has 0 aliphatic carbocycles. The quantitative estimate of drug-likeness (QED) is 0.423. The fourth-order valence-electron chi connectivity index (χ4n) is 1.64. The minimum absolute atomic E-state index is 0.610. The van der Waals surface area contributed by atoms with Gasteiger partial charge in [-0.3, -0.25) is 0 Å². The highest BCUT2D eigenvalue weighted by Crippen LogP contribution is 2.01. The Kier molecular flexibility index (Phi) is 7.75. The van der Waals surface area contributed by atoms with Gasteiger partial charge in [-0.15, -0.1) is 0 Å². The van der Waals surface area contributed by atoms with E-state index in [1.165, 1.54) is 23.7 Å². The molecular formula is C12H23IN4. The van der Waals surface area contributed by atoms with Crippen molar-refractivity contribution in [1.82, 2.24) is 20.1 Å². The Morgan fingerprint density at radius 2 is 2.18 bits per heavy atom. The number of alkyl halides is 1. The zero-order valence-electron chi connectivity index (χ0n) is 10.8. The van der Waals surface area contributed by atoms with Gasteiger partial charge >= 0.3 is 0 Å². The standard InChI is InChI=1S/C12H23IN4/c1-11(2)9-17-12(15-10-16-17)8-14-7-5-3-4-6-13/h10-11,14H,3-9H2,1-2H3. The summed E-state index contributed by atoms with van der Waals surface area (Å²) in [6.45, 7) is 7.25. The van der Waals surface area contributed by atoms with Crippen molar-refractivity contribution < 1.29 is 0 Å². The van der Waals surface area contributed by atoms with Crippen molar-refractivity contribution in [3.05, 3.63) is 12.2 Å². The lowest BCUT2D eigenvalue weighted by atomic mass is 10.2. The zero-order chi connectivity index (χ0) is 12.5. The van der Waals surface area contributed by atoms with E-state index in [4.69, 9.17) is 0 Å². The Bertz CT molecular complexity index is 298. The van der Waals surface area contributed by atoms with E-state index >= 15 is 0 Å². The Labute approximate surface area is 118 Å². The maximum Gasteiger partial charge on any atom is 0.140 e. The van der Waals surface area contributed by atoms with Crippen molar-refractivity contribution in [3.63, 3.8) is 0 Å². The first kappa shape index (κ1) is 14.9. The van der Waals surface area contributed by atoms with Crippen LogP contribution in [0.3, 0.4) is 0 Å². The summed E-state index contributed by atoms with van der Waals surface area (Å²) in [5.41, 5.74) is 0. The maximum atomic E-state index is 4.29. The first-order chi connectivity index (χ1) is 8.24. The van der Waals surface area contributed by atoms with Gasteiger partial charge in [-0.05, 0) is 29.7 Å². The third-order valence-corrected chi connectivity index (χ3v) is 3.27. The number of rotatable bonds is 9. The highest BCUT2D eigenvalue weighted by Gasteiger charge is 2.05. The van der Waals surface area contributed by atoms with Crippen LogP contribution in [-0.2, 0) is 13.1 Å². The third kappa shape index (κ3) is 6.35. The molecule has 0 aliphatic heterocycles. The van der Waals surface area contributed by atoms with E-state index in [9.17, 15) is 0 Å². The highest BCUT2D eigenvalue weighted by atomic mass is 127. The van der Waals surface area contributed by atoms with Crippen LogP contribution in [0.15, 0.2) is 6.33 Å². The van der Waals surface area contributed by atoms with Crippen molar-refractivity contribution in [1.29, 1.82) is 0 Å². The van der Waals surface area contributed by atoms with Crippen LogP contribution in [0.2, 0.25) is 0 Å². The second kappa shape index (κ2) is 8.85. The van der Waals surface area contributed by atoms with E-state index in [2.05, 4.69) is 51.8 Å². The van der Waals surface area contributed by atoms with Crippen LogP contribution < -0.4 is 5.32 Å². The maximum absolute atomic E-state index is 4.29. The van der Waals surface area contributed by atoms with Crippen LogP contribution in [0.5, 0.6) is 0 Å². The van der Waals surface area contributed by atoms with Gasteiger partial charge in [0.05, 0.1) is 6.54 Å². The number of nitrogens with one attached hydrogen (secondary N) is 1. The normalized spacial score (nSPS) is 11.3. The largest absolute Gasteiger partial charge is 0.310 e. The van der Waals surface area contributed by atoms with Crippen LogP contribution in [0.1, 0.15) is 38.9 Å². The molecule has 4 nitrogen and oxygen atoms in total. The van der Waals surface area contributed by atoms with Crippen molar-refractivity contribution >= 4 is 22.6 Å². The zero-order valence-corrected chi connectivity index (χ0v) is 13.0. The lowest BCUT2D eigenvalue weighted by Crippen LogP contribution is -2.20. The smallest absolute Gasteiger partial charge is 0.140 e. The van der Waals surface area contributed by atoms with Gasteiger partial charge in [0, 0.05) is 6.54 Å². The monoisotopic (exact) mass is 350 g/mol. The molecule has 0 radical (unpaired) electrons. The molecule has 1 rings (SSSR count). The van der Waals surface area contributed by atoms with Gasteiger partial charge in [0.25, 0.3) is 0 Å². The predicted octanol–water partition coefficient (Wildman–Crippen LogP) is 2.63. The fraction of sp³-hybridized carbons (Fsp3) is 0.833. The number of unbranched alkanes of at least 4 members (excludes halogenated alkanes) is 2. The van der Waals surface area contributed by atoms with Gasteiger partial charge in [-0.1, -0.05) is 42.9 Å². The Hall–Kier alpha value is -0.170. The van der Waals surface area contributed by atoms with Crippen molar-refractivity contribution in [2.24, 2.45) is 5.92 Å². The Morgan fingerprint density at radius 3 is 2.88 bits per heavy atom. The topological polar surface area (TPSA) is 42.7 Å². The predicted molar refractivity (Wildman–Crippen MR) is 79.3 cm³/mol. The van der Waals surface area contributed by atoms with Crippen LogP contribution in [0, 0.1) is 5.92 Å². The van der Waals surface area contributed by atoms with E-state index in [1.54, 1.807) is 6.33 Å². The highest BCUT2D eigenvalue weighted by molar-refractivity contribution is 14.1. The van der Waals surface area contributed by atoms with Crippen molar-refractivity contribution in [2.75, 3.05) is 11.0 Å². The molecule has 17 heavy (non-hydrogen) atoms. The van der Waals surface area contributed by atoms with E-state index in [0.717, 1.165) is 25.5 Å². The van der Waals surface area contributed by atoms with Crippen LogP contribution in [0.4, 0.5) is 0 Å². The van der Waals surface area contributed by atoms with Crippen molar-refractivity contribution in [3.8, 4) is 0 Å². The Morgan fingerprint density at radius 1 is 1.35 bits per heavy atom. The van der Waals surface area contributed by atoms with Gasteiger partial charge in [0.1, 0.15) is 12.2 Å². The van der Waals surface area contributed by atoms with Gasteiger partial charge in [0.15, 0.2) is 0 Å². The molecule has 0 atom stereocenters. The summed E-state index contributed by atoms with van der Waals surface area (Å²) in [5.74, 6) is 1.66. The van der Waals surface area contributed by atoms with E-state index in [1.807, 2.05) is 4.68 Å². The number of halogens is 1. The number of hydrogen-bond acceptors (Lipinski definition) is 3. The van der Waals surface area contributed by atoms with E-state index < -0.39 is 0 Å². The molecule has 0 spiro atoms. The summed E-state index contributed by atoms with van der Waals surface area (Å²) >= 11 is 2.43. The van der Waals surface area contributed by atoms with Crippen molar-refractivity contribution in [2.45, 2.75) is 46.2 Å². The SMILES string of the molecule is CC(C)Cn1ncnc1CNCCCCCI. The van der Waals surface area contributed by atoms with E-state index in [0.29, 0.717) is 5.92 Å². The lowest BCUT2D eigenvalue weighted by Gasteiger charge is -2.09. The lowest BCUT2D eigenvalue weighted by molar-refractivity contribution is 0.456. The molecule has 5 heteroatoms. The molecule has 0 bridgehead atoms. The van der Waals surface area contributed by atoms with Gasteiger partial charge < -0.3 is 5.32 Å². The molecule has 1 N–H and O–H groups in total. The molecule has 0 saturated carbocycles. The third-order valence-electron chi connectivity index (χ3n) is 2.50. The molecule has 0 unspecified atom stereocenters. The molecule has 0 amide bonds. The summed E-state index contributed by atoms with van der Waals surface area (Å²) < 4.78 is 3.27. The summed E-state index contributed by atoms with van der Waals surface area (Å²) in [7, 11) is 0. The van der Waals surface area contributed by atoms with Crippen LogP contribution >= 0.6 is 22.6 Å². The van der Waals surface area contributed by atoms with Gasteiger partial charge in [-0.2, -0.15) is 5.10 Å². The first-order valence-electron chi connectivity index (χ1n) is 6.37. The van der Waals surface area contributed by atoms with Gasteiger partial charge in [0.2, 0.25) is 0 Å². The minimum atomic E-state index is 0.610. The van der Waals surface area contributed by atoms with Gasteiger partial charge in [-0.25, -0.2) is 9.67 Å².